The number of rotatable bonds is 2. The van der Waals surface area contributed by atoms with Gasteiger partial charge in [-0.2, -0.15) is 0 Å². The molecule has 2 amide bonds. The lowest BCUT2D eigenvalue weighted by Gasteiger charge is -2.32. The standard InChI is InChI=1S/C17H18N2O3/c1-2-11-3-5-14-12(9-11)10-19(17(14)22)15-6-4-13(7-8-20)18-16(15)21/h3,5,9,13,15,20H,2,4,6,10H2,1H3,(H,18,21). The Morgan fingerprint density at radius 2 is 2.18 bits per heavy atom. The third kappa shape index (κ3) is 2.41. The molecule has 0 spiro atoms. The summed E-state index contributed by atoms with van der Waals surface area (Å²) in [6.45, 7) is 2.56. The van der Waals surface area contributed by atoms with Gasteiger partial charge in [-0.15, -0.1) is 0 Å². The van der Waals surface area contributed by atoms with Crippen LogP contribution in [0.4, 0.5) is 0 Å². The van der Waals surface area contributed by atoms with E-state index in [-0.39, 0.29) is 17.9 Å². The minimum absolute atomic E-state index is 0.0792. The Morgan fingerprint density at radius 1 is 1.36 bits per heavy atom. The van der Waals surface area contributed by atoms with Gasteiger partial charge in [0.05, 0.1) is 6.04 Å². The van der Waals surface area contributed by atoms with Crippen molar-refractivity contribution < 1.29 is 14.7 Å². The second-order valence-electron chi connectivity index (χ2n) is 5.69. The van der Waals surface area contributed by atoms with E-state index in [2.05, 4.69) is 18.2 Å². The predicted octanol–water partition coefficient (Wildman–Crippen LogP) is 1.19. The lowest BCUT2D eigenvalue weighted by atomic mass is 9.99. The fourth-order valence-electron chi connectivity index (χ4n) is 3.15. The second-order valence-corrected chi connectivity index (χ2v) is 5.69. The monoisotopic (exact) mass is 298 g/mol. The Bertz CT molecular complexity index is 687. The zero-order valence-electron chi connectivity index (χ0n) is 12.4. The van der Waals surface area contributed by atoms with Crippen LogP contribution in [0.5, 0.6) is 0 Å². The van der Waals surface area contributed by atoms with Gasteiger partial charge in [-0.05, 0) is 42.4 Å². The van der Waals surface area contributed by atoms with E-state index in [9.17, 15) is 9.59 Å². The molecule has 1 aromatic carbocycles. The molecule has 1 saturated heterocycles. The van der Waals surface area contributed by atoms with Crippen molar-refractivity contribution in [3.05, 3.63) is 34.9 Å². The molecule has 2 atom stereocenters. The van der Waals surface area contributed by atoms with Gasteiger partial charge in [-0.25, -0.2) is 0 Å². The van der Waals surface area contributed by atoms with Crippen molar-refractivity contribution >= 4 is 11.8 Å². The van der Waals surface area contributed by atoms with Gasteiger partial charge in [-0.1, -0.05) is 19.1 Å². The van der Waals surface area contributed by atoms with Gasteiger partial charge in [0, 0.05) is 12.1 Å². The summed E-state index contributed by atoms with van der Waals surface area (Å²) in [5, 5.41) is 11.4. The number of aliphatic hydroxyl groups is 1. The van der Waals surface area contributed by atoms with E-state index >= 15 is 0 Å². The fraction of sp³-hybridized carbons (Fsp3) is 0.412. The van der Waals surface area contributed by atoms with E-state index in [1.54, 1.807) is 4.90 Å². The van der Waals surface area contributed by atoms with Crippen molar-refractivity contribution in [1.82, 2.24) is 10.2 Å². The van der Waals surface area contributed by atoms with Crippen molar-refractivity contribution in [2.45, 2.75) is 44.8 Å². The lowest BCUT2D eigenvalue weighted by molar-refractivity contribution is -0.128. The van der Waals surface area contributed by atoms with E-state index in [0.29, 0.717) is 24.9 Å². The lowest BCUT2D eigenvalue weighted by Crippen LogP contribution is -2.53. The van der Waals surface area contributed by atoms with Crippen molar-refractivity contribution in [1.29, 1.82) is 0 Å². The molecular weight excluding hydrogens is 280 g/mol. The van der Waals surface area contributed by atoms with Gasteiger partial charge >= 0.3 is 0 Å². The van der Waals surface area contributed by atoms with E-state index < -0.39 is 6.04 Å². The molecule has 0 aromatic heterocycles. The highest BCUT2D eigenvalue weighted by atomic mass is 16.2. The SMILES string of the molecule is CCc1ccc2c(c1)CN(C1CCC(C#CO)NC1=O)C2=O. The zero-order valence-corrected chi connectivity index (χ0v) is 12.4. The van der Waals surface area contributed by atoms with Crippen molar-refractivity contribution in [2.75, 3.05) is 0 Å². The van der Waals surface area contributed by atoms with Crippen LogP contribution < -0.4 is 5.32 Å². The van der Waals surface area contributed by atoms with Gasteiger partial charge < -0.3 is 15.3 Å². The smallest absolute Gasteiger partial charge is 0.255 e. The Morgan fingerprint density at radius 3 is 2.86 bits per heavy atom. The van der Waals surface area contributed by atoms with Gasteiger partial charge in [0.1, 0.15) is 12.1 Å². The Labute approximate surface area is 129 Å². The van der Waals surface area contributed by atoms with Crippen molar-refractivity contribution in [3.8, 4) is 12.0 Å². The average molecular weight is 298 g/mol. The minimum Gasteiger partial charge on any atom is -0.462 e. The molecule has 2 heterocycles. The summed E-state index contributed by atoms with van der Waals surface area (Å²) in [7, 11) is 0. The highest BCUT2D eigenvalue weighted by molar-refractivity contribution is 6.01. The number of carbonyl (C=O) groups excluding carboxylic acids is 2. The van der Waals surface area contributed by atoms with Crippen LogP contribution in [-0.4, -0.2) is 33.9 Å². The predicted molar refractivity (Wildman–Crippen MR) is 80.4 cm³/mol. The minimum atomic E-state index is -0.457. The van der Waals surface area contributed by atoms with Crippen LogP contribution in [0.25, 0.3) is 0 Å². The van der Waals surface area contributed by atoms with Gasteiger partial charge in [0.15, 0.2) is 0 Å². The average Bonchev–Trinajstić information content (AvgIpc) is 2.84. The second kappa shape index (κ2) is 5.72. The molecule has 5 nitrogen and oxygen atoms in total. The highest BCUT2D eigenvalue weighted by Gasteiger charge is 2.39. The number of nitrogens with one attached hydrogen (secondary N) is 1. The number of aryl methyl sites for hydroxylation is 1. The molecule has 0 bridgehead atoms. The molecule has 5 heteroatoms. The van der Waals surface area contributed by atoms with Crippen LogP contribution >= 0.6 is 0 Å². The fourth-order valence-corrected chi connectivity index (χ4v) is 3.15. The molecule has 0 aliphatic carbocycles. The molecular formula is C17H18N2O3. The first-order chi connectivity index (χ1) is 10.6. The van der Waals surface area contributed by atoms with Crippen molar-refractivity contribution in [2.24, 2.45) is 0 Å². The first-order valence-corrected chi connectivity index (χ1v) is 7.51. The summed E-state index contributed by atoms with van der Waals surface area (Å²) in [5.74, 6) is 2.26. The van der Waals surface area contributed by atoms with E-state index in [1.165, 1.54) is 5.56 Å². The molecule has 0 radical (unpaired) electrons. The van der Waals surface area contributed by atoms with E-state index in [0.717, 1.165) is 12.0 Å². The highest BCUT2D eigenvalue weighted by Crippen LogP contribution is 2.28. The number of hydrogen-bond acceptors (Lipinski definition) is 3. The molecule has 2 aliphatic heterocycles. The van der Waals surface area contributed by atoms with Crippen LogP contribution in [0.15, 0.2) is 18.2 Å². The number of piperidine rings is 1. The largest absolute Gasteiger partial charge is 0.462 e. The van der Waals surface area contributed by atoms with E-state index in [1.807, 2.05) is 24.3 Å². The summed E-state index contributed by atoms with van der Waals surface area (Å²) < 4.78 is 0. The summed E-state index contributed by atoms with van der Waals surface area (Å²) in [6.07, 6.45) is 3.95. The number of fused-ring (bicyclic) bond motifs is 1. The molecule has 0 saturated carbocycles. The zero-order chi connectivity index (χ0) is 15.7. The van der Waals surface area contributed by atoms with Crippen LogP contribution in [-0.2, 0) is 17.8 Å². The van der Waals surface area contributed by atoms with Gasteiger partial charge in [-0.3, -0.25) is 9.59 Å². The quantitative estimate of drug-likeness (QED) is 0.806. The number of amides is 2. The van der Waals surface area contributed by atoms with Crippen LogP contribution in [0.2, 0.25) is 0 Å². The van der Waals surface area contributed by atoms with Crippen molar-refractivity contribution in [3.63, 3.8) is 0 Å². The molecule has 2 N–H and O–H groups in total. The molecule has 22 heavy (non-hydrogen) atoms. The number of aliphatic hydroxyl groups excluding tert-OH is 1. The normalized spacial score (nSPS) is 23.6. The summed E-state index contributed by atoms with van der Waals surface area (Å²) >= 11 is 0. The van der Waals surface area contributed by atoms with Gasteiger partial charge in [0.2, 0.25) is 5.91 Å². The third-order valence-electron chi connectivity index (χ3n) is 4.37. The Kier molecular flexibility index (Phi) is 3.76. The van der Waals surface area contributed by atoms with Crippen LogP contribution in [0, 0.1) is 12.0 Å². The number of hydrogen-bond donors (Lipinski definition) is 2. The molecule has 1 aromatic rings. The molecule has 2 unspecified atom stereocenters. The molecule has 3 rings (SSSR count). The first kappa shape index (κ1) is 14.5. The third-order valence-corrected chi connectivity index (χ3v) is 4.37. The van der Waals surface area contributed by atoms with Crippen LogP contribution in [0.3, 0.4) is 0 Å². The number of carbonyl (C=O) groups is 2. The van der Waals surface area contributed by atoms with E-state index in [4.69, 9.17) is 5.11 Å². The molecule has 1 fully saturated rings. The summed E-state index contributed by atoms with van der Waals surface area (Å²) in [5.41, 5.74) is 2.89. The maximum atomic E-state index is 12.5. The first-order valence-electron chi connectivity index (χ1n) is 7.51. The number of benzene rings is 1. The Hall–Kier alpha value is -2.48. The van der Waals surface area contributed by atoms with Gasteiger partial charge in [0.25, 0.3) is 5.91 Å². The summed E-state index contributed by atoms with van der Waals surface area (Å²) in [6, 6.07) is 5.08. The number of nitrogens with zero attached hydrogens (tertiary/aromatic N) is 1. The molecule has 114 valence electrons. The topological polar surface area (TPSA) is 69.6 Å². The molecule has 2 aliphatic rings. The van der Waals surface area contributed by atoms with Crippen LogP contribution in [0.1, 0.15) is 41.3 Å². The summed E-state index contributed by atoms with van der Waals surface area (Å²) in [4.78, 5) is 26.4. The maximum Gasteiger partial charge on any atom is 0.255 e. The maximum absolute atomic E-state index is 12.5. The Balaban J connectivity index is 1.78.